The summed E-state index contributed by atoms with van der Waals surface area (Å²) < 4.78 is 2.38. The number of hydrogen-bond acceptors (Lipinski definition) is 3. The lowest BCUT2D eigenvalue weighted by molar-refractivity contribution is -0.133. The summed E-state index contributed by atoms with van der Waals surface area (Å²) in [4.78, 5) is 15.1. The summed E-state index contributed by atoms with van der Waals surface area (Å²) in [6.45, 7) is 2.86. The molecule has 5 nitrogen and oxygen atoms in total. The molecule has 3 heterocycles. The van der Waals surface area contributed by atoms with Crippen LogP contribution in [0, 0.1) is 17.8 Å². The Morgan fingerprint density at radius 3 is 2.81 bits per heavy atom. The van der Waals surface area contributed by atoms with Gasteiger partial charge in [-0.15, -0.1) is 10.2 Å². The highest BCUT2D eigenvalue weighted by atomic mass is 16.2. The highest BCUT2D eigenvalue weighted by Gasteiger charge is 2.41. The van der Waals surface area contributed by atoms with Crippen LogP contribution < -0.4 is 0 Å². The second-order valence-corrected chi connectivity index (χ2v) is 9.25. The second kappa shape index (κ2) is 6.97. The molecule has 5 rings (SSSR count). The van der Waals surface area contributed by atoms with Gasteiger partial charge in [-0.3, -0.25) is 4.79 Å². The van der Waals surface area contributed by atoms with E-state index in [4.69, 9.17) is 0 Å². The summed E-state index contributed by atoms with van der Waals surface area (Å²) in [6, 6.07) is 0. The third-order valence-electron chi connectivity index (χ3n) is 7.60. The molecule has 0 N–H and O–H groups in total. The first-order valence-corrected chi connectivity index (χ1v) is 11.0. The number of nitrogens with zero attached hydrogens (tertiary/aromatic N) is 4. The van der Waals surface area contributed by atoms with Crippen LogP contribution in [0.15, 0.2) is 0 Å². The number of rotatable bonds is 3. The van der Waals surface area contributed by atoms with Crippen molar-refractivity contribution in [3.05, 3.63) is 11.6 Å². The zero-order valence-electron chi connectivity index (χ0n) is 15.9. The van der Waals surface area contributed by atoms with E-state index in [0.717, 1.165) is 63.0 Å². The molecule has 1 aromatic rings. The van der Waals surface area contributed by atoms with Crippen molar-refractivity contribution in [2.75, 3.05) is 13.1 Å². The Kier molecular flexibility index (Phi) is 4.49. The van der Waals surface area contributed by atoms with E-state index in [0.29, 0.717) is 17.7 Å². The van der Waals surface area contributed by atoms with Crippen LogP contribution in [-0.4, -0.2) is 38.7 Å². The Labute approximate surface area is 156 Å². The van der Waals surface area contributed by atoms with Crippen LogP contribution in [0.25, 0.3) is 0 Å². The summed E-state index contributed by atoms with van der Waals surface area (Å²) in [6.07, 6.45) is 13.4. The molecule has 3 fully saturated rings. The molecule has 4 atom stereocenters. The zero-order chi connectivity index (χ0) is 17.5. The lowest BCUT2D eigenvalue weighted by atomic mass is 9.85. The molecule has 142 valence electrons. The maximum absolute atomic E-state index is 13.0. The Morgan fingerprint density at radius 1 is 1.00 bits per heavy atom. The third kappa shape index (κ3) is 3.07. The van der Waals surface area contributed by atoms with Crippen molar-refractivity contribution in [3.8, 4) is 0 Å². The van der Waals surface area contributed by atoms with Gasteiger partial charge in [-0.25, -0.2) is 0 Å². The van der Waals surface area contributed by atoms with Crippen LogP contribution in [0.4, 0.5) is 0 Å². The van der Waals surface area contributed by atoms with Gasteiger partial charge in [0, 0.05) is 38.4 Å². The van der Waals surface area contributed by atoms with Gasteiger partial charge in [-0.1, -0.05) is 12.8 Å². The topological polar surface area (TPSA) is 51.0 Å². The van der Waals surface area contributed by atoms with Crippen LogP contribution >= 0.6 is 0 Å². The van der Waals surface area contributed by atoms with E-state index in [2.05, 4.69) is 19.7 Å². The number of fused-ring (bicyclic) bond motifs is 3. The number of likely N-dealkylation sites (tertiary alicyclic amines) is 1. The third-order valence-corrected chi connectivity index (χ3v) is 7.60. The molecule has 5 heteroatoms. The van der Waals surface area contributed by atoms with E-state index in [9.17, 15) is 4.79 Å². The largest absolute Gasteiger partial charge is 0.342 e. The van der Waals surface area contributed by atoms with Gasteiger partial charge >= 0.3 is 0 Å². The van der Waals surface area contributed by atoms with Gasteiger partial charge in [0.1, 0.15) is 11.6 Å². The summed E-state index contributed by atoms with van der Waals surface area (Å²) in [5.41, 5.74) is 0. The van der Waals surface area contributed by atoms with Crippen molar-refractivity contribution in [2.24, 2.45) is 17.8 Å². The fourth-order valence-corrected chi connectivity index (χ4v) is 6.20. The van der Waals surface area contributed by atoms with Crippen LogP contribution in [-0.2, 0) is 17.8 Å². The minimum atomic E-state index is 0.382. The molecule has 2 aliphatic carbocycles. The molecule has 2 aliphatic heterocycles. The molecule has 0 radical (unpaired) electrons. The van der Waals surface area contributed by atoms with E-state index in [1.165, 1.54) is 50.8 Å². The fourth-order valence-electron chi connectivity index (χ4n) is 6.20. The summed E-state index contributed by atoms with van der Waals surface area (Å²) in [5, 5.41) is 9.05. The SMILES string of the molecule is O=C(C[C@H]1C[C@H]2CC[C@H]1C2)N1CCC[C@H](c2nnc3n2CCCCC3)C1. The first-order valence-electron chi connectivity index (χ1n) is 11.0. The van der Waals surface area contributed by atoms with Gasteiger partial charge in [0.25, 0.3) is 0 Å². The predicted octanol–water partition coefficient (Wildman–Crippen LogP) is 3.54. The van der Waals surface area contributed by atoms with Gasteiger partial charge in [-0.2, -0.15) is 0 Å². The second-order valence-electron chi connectivity index (χ2n) is 9.25. The van der Waals surface area contributed by atoms with Crippen LogP contribution in [0.2, 0.25) is 0 Å². The van der Waals surface area contributed by atoms with Crippen LogP contribution in [0.1, 0.15) is 81.8 Å². The molecule has 2 saturated carbocycles. The summed E-state index contributed by atoms with van der Waals surface area (Å²) in [7, 11) is 0. The fraction of sp³-hybridized carbons (Fsp3) is 0.857. The molecule has 2 bridgehead atoms. The van der Waals surface area contributed by atoms with E-state index in [-0.39, 0.29) is 0 Å². The lowest BCUT2D eigenvalue weighted by Crippen LogP contribution is -2.40. The first kappa shape index (κ1) is 16.8. The molecule has 4 aliphatic rings. The van der Waals surface area contributed by atoms with Gasteiger partial charge in [0.2, 0.25) is 5.91 Å². The van der Waals surface area contributed by atoms with Crippen LogP contribution in [0.3, 0.4) is 0 Å². The van der Waals surface area contributed by atoms with Crippen molar-refractivity contribution in [1.29, 1.82) is 0 Å². The molecule has 0 aromatic carbocycles. The predicted molar refractivity (Wildman–Crippen MR) is 99.7 cm³/mol. The molecule has 1 aromatic heterocycles. The lowest BCUT2D eigenvalue weighted by Gasteiger charge is -2.34. The van der Waals surface area contributed by atoms with Gasteiger partial charge in [0.05, 0.1) is 0 Å². The monoisotopic (exact) mass is 356 g/mol. The van der Waals surface area contributed by atoms with Crippen molar-refractivity contribution in [1.82, 2.24) is 19.7 Å². The van der Waals surface area contributed by atoms with Crippen molar-refractivity contribution in [3.63, 3.8) is 0 Å². The molecular formula is C21H32N4O. The standard InChI is InChI=1S/C21H32N4O/c26-20(13-18-12-15-7-8-16(18)11-15)24-9-4-5-17(14-24)21-23-22-19-6-2-1-3-10-25(19)21/h15-18H,1-14H2/t15-,16-,17-,18+/m0/s1. The zero-order valence-corrected chi connectivity index (χ0v) is 15.9. The maximum atomic E-state index is 13.0. The highest BCUT2D eigenvalue weighted by molar-refractivity contribution is 5.76. The molecule has 0 unspecified atom stereocenters. The van der Waals surface area contributed by atoms with Crippen molar-refractivity contribution < 1.29 is 4.79 Å². The Bertz CT molecular complexity index is 669. The smallest absolute Gasteiger partial charge is 0.222 e. The number of amides is 1. The van der Waals surface area contributed by atoms with E-state index < -0.39 is 0 Å². The van der Waals surface area contributed by atoms with Crippen molar-refractivity contribution in [2.45, 2.75) is 83.1 Å². The van der Waals surface area contributed by atoms with Crippen molar-refractivity contribution >= 4 is 5.91 Å². The molecular weight excluding hydrogens is 324 g/mol. The van der Waals surface area contributed by atoms with Gasteiger partial charge < -0.3 is 9.47 Å². The number of aromatic nitrogens is 3. The van der Waals surface area contributed by atoms with E-state index in [1.54, 1.807) is 0 Å². The Morgan fingerprint density at radius 2 is 1.96 bits per heavy atom. The number of carbonyl (C=O) groups excluding carboxylic acids is 1. The normalized spacial score (nSPS) is 33.9. The van der Waals surface area contributed by atoms with E-state index >= 15 is 0 Å². The maximum Gasteiger partial charge on any atom is 0.222 e. The first-order chi connectivity index (χ1) is 12.8. The summed E-state index contributed by atoms with van der Waals surface area (Å²) >= 11 is 0. The molecule has 0 spiro atoms. The molecule has 1 saturated heterocycles. The highest BCUT2D eigenvalue weighted by Crippen LogP contribution is 2.49. The van der Waals surface area contributed by atoms with E-state index in [1.807, 2.05) is 0 Å². The van der Waals surface area contributed by atoms with Gasteiger partial charge in [0.15, 0.2) is 0 Å². The minimum Gasteiger partial charge on any atom is -0.342 e. The summed E-state index contributed by atoms with van der Waals surface area (Å²) in [5.74, 6) is 5.55. The number of carbonyl (C=O) groups is 1. The van der Waals surface area contributed by atoms with Gasteiger partial charge in [-0.05, 0) is 62.7 Å². The number of aryl methyl sites for hydroxylation is 1. The Balaban J connectivity index is 1.25. The number of hydrogen-bond donors (Lipinski definition) is 0. The molecule has 1 amide bonds. The minimum absolute atomic E-state index is 0.382. The average molecular weight is 357 g/mol. The molecule has 26 heavy (non-hydrogen) atoms. The Hall–Kier alpha value is -1.39. The van der Waals surface area contributed by atoms with Crippen LogP contribution in [0.5, 0.6) is 0 Å². The average Bonchev–Trinajstić information content (AvgIpc) is 3.34. The number of piperidine rings is 1. The quantitative estimate of drug-likeness (QED) is 0.832.